The molecule has 32 heavy (non-hydrogen) atoms. The lowest BCUT2D eigenvalue weighted by molar-refractivity contribution is 0.105. The van der Waals surface area contributed by atoms with Crippen LogP contribution in [0.15, 0.2) is 76.7 Å². The minimum absolute atomic E-state index is 0.0841. The van der Waals surface area contributed by atoms with Gasteiger partial charge >= 0.3 is 0 Å². The molecule has 0 spiro atoms. The van der Waals surface area contributed by atoms with Gasteiger partial charge in [-0.15, -0.1) is 0 Å². The number of pyridine rings is 1. The van der Waals surface area contributed by atoms with Crippen LogP contribution in [0, 0.1) is 12.7 Å². The van der Waals surface area contributed by atoms with E-state index in [1.54, 1.807) is 49.6 Å². The van der Waals surface area contributed by atoms with Crippen molar-refractivity contribution in [2.75, 3.05) is 0 Å². The van der Waals surface area contributed by atoms with Crippen LogP contribution in [0.4, 0.5) is 4.39 Å². The number of oxime groups is 1. The lowest BCUT2D eigenvalue weighted by Gasteiger charge is -2.07. The first-order chi connectivity index (χ1) is 15.6. The summed E-state index contributed by atoms with van der Waals surface area (Å²) in [5.74, 6) is 0.909. The number of nitrogens with two attached hydrogens (primary N) is 1. The molecule has 0 amide bonds. The van der Waals surface area contributed by atoms with Gasteiger partial charge in [-0.25, -0.2) is 4.39 Å². The minimum Gasteiger partial charge on any atom is -0.489 e. The van der Waals surface area contributed by atoms with Gasteiger partial charge < -0.3 is 19.8 Å². The fourth-order valence-electron chi connectivity index (χ4n) is 2.77. The molecule has 0 aliphatic heterocycles. The highest BCUT2D eigenvalue weighted by molar-refractivity contribution is 5.97. The molecule has 8 nitrogen and oxygen atoms in total. The Morgan fingerprint density at radius 2 is 2.03 bits per heavy atom. The summed E-state index contributed by atoms with van der Waals surface area (Å²) in [4.78, 5) is 13.5. The van der Waals surface area contributed by atoms with Crippen molar-refractivity contribution in [3.8, 4) is 17.1 Å². The second-order valence-corrected chi connectivity index (χ2v) is 6.90. The molecule has 162 valence electrons. The van der Waals surface area contributed by atoms with E-state index < -0.39 is 0 Å². The third kappa shape index (κ3) is 5.25. The van der Waals surface area contributed by atoms with Crippen LogP contribution in [0.1, 0.15) is 22.6 Å². The Balaban J connectivity index is 1.35. The van der Waals surface area contributed by atoms with E-state index in [1.165, 1.54) is 6.07 Å². The number of hydrogen-bond acceptors (Lipinski definition) is 7. The molecule has 4 aromatic rings. The summed E-state index contributed by atoms with van der Waals surface area (Å²) in [6, 6.07) is 15.7. The maximum Gasteiger partial charge on any atom is 0.267 e. The number of benzene rings is 2. The van der Waals surface area contributed by atoms with Crippen molar-refractivity contribution in [2.24, 2.45) is 10.9 Å². The molecule has 0 fully saturated rings. The van der Waals surface area contributed by atoms with Crippen LogP contribution in [0.2, 0.25) is 0 Å². The molecule has 4 rings (SSSR count). The summed E-state index contributed by atoms with van der Waals surface area (Å²) >= 11 is 0. The van der Waals surface area contributed by atoms with Gasteiger partial charge in [-0.1, -0.05) is 40.6 Å². The summed E-state index contributed by atoms with van der Waals surface area (Å²) in [7, 11) is 0. The van der Waals surface area contributed by atoms with Crippen molar-refractivity contribution in [1.29, 1.82) is 0 Å². The maximum absolute atomic E-state index is 13.7. The predicted molar refractivity (Wildman–Crippen MR) is 115 cm³/mol. The Kier molecular flexibility index (Phi) is 6.35. The monoisotopic (exact) mass is 433 g/mol. The summed E-state index contributed by atoms with van der Waals surface area (Å²) in [6.07, 6.45) is 3.45. The zero-order valence-corrected chi connectivity index (χ0v) is 17.2. The summed E-state index contributed by atoms with van der Waals surface area (Å²) < 4.78 is 24.6. The number of aromatic nitrogens is 3. The van der Waals surface area contributed by atoms with Crippen molar-refractivity contribution in [3.63, 3.8) is 0 Å². The zero-order chi connectivity index (χ0) is 22.3. The van der Waals surface area contributed by atoms with E-state index in [0.29, 0.717) is 29.0 Å². The molecule has 0 saturated carbocycles. The van der Waals surface area contributed by atoms with Gasteiger partial charge in [0.15, 0.2) is 12.4 Å². The number of hydrogen-bond donors (Lipinski definition) is 1. The highest BCUT2D eigenvalue weighted by Gasteiger charge is 2.11. The molecule has 0 radical (unpaired) electrons. The predicted octanol–water partition coefficient (Wildman–Crippen LogP) is 4.00. The third-order valence-electron chi connectivity index (χ3n) is 4.51. The van der Waals surface area contributed by atoms with E-state index in [-0.39, 0.29) is 30.0 Å². The van der Waals surface area contributed by atoms with Crippen LogP contribution in [0.25, 0.3) is 11.4 Å². The Bertz CT molecular complexity index is 1230. The van der Waals surface area contributed by atoms with Crippen molar-refractivity contribution in [3.05, 3.63) is 95.4 Å². The number of halogens is 1. The van der Waals surface area contributed by atoms with Crippen LogP contribution in [0.3, 0.4) is 0 Å². The fourth-order valence-corrected chi connectivity index (χ4v) is 2.77. The van der Waals surface area contributed by atoms with Gasteiger partial charge in [-0.05, 0) is 36.8 Å². The lowest BCUT2D eigenvalue weighted by Crippen LogP contribution is -2.14. The summed E-state index contributed by atoms with van der Waals surface area (Å²) in [5, 5.41) is 7.73. The molecule has 0 atom stereocenters. The van der Waals surface area contributed by atoms with E-state index in [2.05, 4.69) is 20.3 Å². The fraction of sp³-hybridized carbons (Fsp3) is 0.130. The second kappa shape index (κ2) is 9.69. The van der Waals surface area contributed by atoms with Gasteiger partial charge in [0, 0.05) is 29.1 Å². The van der Waals surface area contributed by atoms with Gasteiger partial charge in [-0.2, -0.15) is 4.98 Å². The van der Waals surface area contributed by atoms with Crippen LogP contribution >= 0.6 is 0 Å². The highest BCUT2D eigenvalue weighted by atomic mass is 19.1. The number of ether oxygens (including phenoxy) is 1. The molecule has 0 unspecified atom stereocenters. The van der Waals surface area contributed by atoms with Crippen LogP contribution in [0.5, 0.6) is 5.75 Å². The average Bonchev–Trinajstić information content (AvgIpc) is 3.29. The molecule has 0 aliphatic carbocycles. The van der Waals surface area contributed by atoms with Crippen LogP contribution in [-0.4, -0.2) is 21.0 Å². The van der Waals surface area contributed by atoms with Crippen molar-refractivity contribution in [1.82, 2.24) is 15.1 Å². The van der Waals surface area contributed by atoms with Gasteiger partial charge in [0.05, 0.1) is 0 Å². The van der Waals surface area contributed by atoms with Gasteiger partial charge in [-0.3, -0.25) is 4.98 Å². The van der Waals surface area contributed by atoms with E-state index >= 15 is 0 Å². The van der Waals surface area contributed by atoms with Crippen molar-refractivity contribution in [2.45, 2.75) is 20.1 Å². The molecular weight excluding hydrogens is 413 g/mol. The first-order valence-corrected chi connectivity index (χ1v) is 9.75. The first-order valence-electron chi connectivity index (χ1n) is 9.75. The van der Waals surface area contributed by atoms with Gasteiger partial charge in [0.25, 0.3) is 5.89 Å². The second-order valence-electron chi connectivity index (χ2n) is 6.90. The molecular formula is C23H20FN5O3. The Morgan fingerprint density at radius 1 is 1.12 bits per heavy atom. The van der Waals surface area contributed by atoms with Crippen LogP contribution in [-0.2, 0) is 18.1 Å². The average molecular weight is 433 g/mol. The SMILES string of the molecule is Cc1ccc(-c2noc(CON=C(N)c3cccc(OCc4cccnc4)c3)n2)cc1F. The molecule has 0 aliphatic rings. The molecule has 2 aromatic carbocycles. The van der Waals surface area contributed by atoms with Crippen molar-refractivity contribution >= 4 is 5.84 Å². The Labute approximate surface area is 183 Å². The Hall–Kier alpha value is -4.27. The molecule has 0 saturated heterocycles. The third-order valence-corrected chi connectivity index (χ3v) is 4.51. The highest BCUT2D eigenvalue weighted by Crippen LogP contribution is 2.19. The standard InChI is InChI=1S/C23H20FN5O3/c1-15-7-8-18(11-20(15)24)23-27-21(32-29-23)14-31-28-22(25)17-5-2-6-19(10-17)30-13-16-4-3-9-26-12-16/h2-12H,13-14H2,1H3,(H2,25,28). The van der Waals surface area contributed by atoms with Crippen LogP contribution < -0.4 is 10.5 Å². The van der Waals surface area contributed by atoms with Gasteiger partial charge in [0.1, 0.15) is 18.2 Å². The topological polar surface area (TPSA) is 109 Å². The largest absolute Gasteiger partial charge is 0.489 e. The number of rotatable bonds is 8. The first kappa shape index (κ1) is 21.0. The molecule has 2 aromatic heterocycles. The number of nitrogens with zero attached hydrogens (tertiary/aromatic N) is 4. The Morgan fingerprint density at radius 3 is 2.84 bits per heavy atom. The van der Waals surface area contributed by atoms with E-state index in [4.69, 9.17) is 19.8 Å². The lowest BCUT2D eigenvalue weighted by atomic mass is 10.1. The molecule has 9 heteroatoms. The quantitative estimate of drug-likeness (QED) is 0.254. The molecule has 2 N–H and O–H groups in total. The minimum atomic E-state index is -0.339. The molecule has 0 bridgehead atoms. The maximum atomic E-state index is 13.7. The van der Waals surface area contributed by atoms with E-state index in [9.17, 15) is 4.39 Å². The van der Waals surface area contributed by atoms with E-state index in [0.717, 1.165) is 5.56 Å². The molecule has 2 heterocycles. The number of aryl methyl sites for hydroxylation is 1. The smallest absolute Gasteiger partial charge is 0.267 e. The zero-order valence-electron chi connectivity index (χ0n) is 17.2. The van der Waals surface area contributed by atoms with E-state index in [1.807, 2.05) is 18.2 Å². The summed E-state index contributed by atoms with van der Waals surface area (Å²) in [5.41, 5.74) is 8.65. The summed E-state index contributed by atoms with van der Waals surface area (Å²) in [6.45, 7) is 1.98. The normalized spacial score (nSPS) is 11.4. The van der Waals surface area contributed by atoms with Gasteiger partial charge in [0.2, 0.25) is 5.82 Å². The van der Waals surface area contributed by atoms with Crippen molar-refractivity contribution < 1.29 is 18.5 Å². The number of amidine groups is 1.